The molecule has 5 heteroatoms. The Balaban J connectivity index is 1.71. The summed E-state index contributed by atoms with van der Waals surface area (Å²) in [5.41, 5.74) is 2.22. The summed E-state index contributed by atoms with van der Waals surface area (Å²) in [6.45, 7) is 2.32. The van der Waals surface area contributed by atoms with E-state index < -0.39 is 0 Å². The van der Waals surface area contributed by atoms with Crippen molar-refractivity contribution in [3.63, 3.8) is 0 Å². The van der Waals surface area contributed by atoms with Crippen molar-refractivity contribution in [2.24, 2.45) is 0 Å². The average molecular weight is 340 g/mol. The number of hydrogen-bond acceptors (Lipinski definition) is 3. The Hall–Kier alpha value is -2.53. The topological polar surface area (TPSA) is 69.5 Å². The summed E-state index contributed by atoms with van der Waals surface area (Å²) in [6.07, 6.45) is 5.34. The van der Waals surface area contributed by atoms with Crippen molar-refractivity contribution in [1.29, 1.82) is 0 Å². The lowest BCUT2D eigenvalue weighted by Gasteiger charge is -2.29. The summed E-state index contributed by atoms with van der Waals surface area (Å²) in [6, 6.07) is 11.6. The van der Waals surface area contributed by atoms with Crippen LogP contribution in [0.2, 0.25) is 0 Å². The number of amides is 1. The molecule has 0 saturated heterocycles. The molecule has 2 N–H and O–H groups in total. The van der Waals surface area contributed by atoms with Gasteiger partial charge >= 0.3 is 0 Å². The van der Waals surface area contributed by atoms with Crippen molar-refractivity contribution >= 4 is 16.8 Å². The standard InChI is InChI=1S/C20H24N2O3/c1-2-16(14-23)22(13-17-6-5-11-25-17)20(24)10-9-15-12-21-19-8-4-3-7-18(15)19/h3-8,11-12,16,21,23H,2,9-10,13-14H2,1H3/t16-/m0/s1. The van der Waals surface area contributed by atoms with Crippen LogP contribution in [0, 0.1) is 0 Å². The number of rotatable bonds is 8. The molecular formula is C20H24N2O3. The highest BCUT2D eigenvalue weighted by Crippen LogP contribution is 2.20. The predicted octanol–water partition coefficient (Wildman–Crippen LogP) is 3.49. The number of benzene rings is 1. The Bertz CT molecular complexity index is 803. The summed E-state index contributed by atoms with van der Waals surface area (Å²) >= 11 is 0. The molecule has 0 saturated carbocycles. The fraction of sp³-hybridized carbons (Fsp3) is 0.350. The lowest BCUT2D eigenvalue weighted by atomic mass is 10.1. The summed E-state index contributed by atoms with van der Waals surface area (Å²) in [4.78, 5) is 17.8. The van der Waals surface area contributed by atoms with Crippen LogP contribution in [0.15, 0.2) is 53.3 Å². The molecule has 1 aromatic carbocycles. The SMILES string of the molecule is CC[C@@H](CO)N(Cc1ccco1)C(=O)CCc1c[nH]c2ccccc12. The number of aromatic amines is 1. The number of aliphatic hydroxyl groups is 1. The first-order valence-corrected chi connectivity index (χ1v) is 8.70. The number of aliphatic hydroxyl groups excluding tert-OH is 1. The minimum atomic E-state index is -0.194. The van der Waals surface area contributed by atoms with Crippen molar-refractivity contribution in [3.8, 4) is 0 Å². The number of para-hydroxylation sites is 1. The maximum absolute atomic E-state index is 12.8. The van der Waals surface area contributed by atoms with E-state index in [0.29, 0.717) is 25.8 Å². The molecule has 0 bridgehead atoms. The highest BCUT2D eigenvalue weighted by molar-refractivity contribution is 5.84. The van der Waals surface area contributed by atoms with Gasteiger partial charge in [0.2, 0.25) is 5.91 Å². The normalized spacial score (nSPS) is 12.4. The second-order valence-corrected chi connectivity index (χ2v) is 6.21. The Labute approximate surface area is 147 Å². The largest absolute Gasteiger partial charge is 0.467 e. The van der Waals surface area contributed by atoms with Crippen LogP contribution in [0.4, 0.5) is 0 Å². The summed E-state index contributed by atoms with van der Waals surface area (Å²) < 4.78 is 5.38. The van der Waals surface area contributed by atoms with Crippen molar-refractivity contribution in [2.45, 2.75) is 38.8 Å². The number of nitrogens with one attached hydrogen (secondary N) is 1. The van der Waals surface area contributed by atoms with Crippen LogP contribution in [0.25, 0.3) is 10.9 Å². The third-order valence-corrected chi connectivity index (χ3v) is 4.63. The summed E-state index contributed by atoms with van der Waals surface area (Å²) in [5.74, 6) is 0.759. The quantitative estimate of drug-likeness (QED) is 0.659. The molecule has 0 aliphatic rings. The number of nitrogens with zero attached hydrogens (tertiary/aromatic N) is 1. The zero-order chi connectivity index (χ0) is 17.6. The lowest BCUT2D eigenvalue weighted by Crippen LogP contribution is -2.41. The maximum atomic E-state index is 12.8. The molecule has 0 aliphatic heterocycles. The minimum Gasteiger partial charge on any atom is -0.467 e. The number of carbonyl (C=O) groups is 1. The van der Waals surface area contributed by atoms with Gasteiger partial charge in [-0.1, -0.05) is 25.1 Å². The van der Waals surface area contributed by atoms with Crippen molar-refractivity contribution < 1.29 is 14.3 Å². The maximum Gasteiger partial charge on any atom is 0.223 e. The van der Waals surface area contributed by atoms with Gasteiger partial charge in [0.1, 0.15) is 5.76 Å². The molecule has 1 atom stereocenters. The molecule has 0 unspecified atom stereocenters. The van der Waals surface area contributed by atoms with E-state index in [1.54, 1.807) is 11.2 Å². The first kappa shape index (κ1) is 17.3. The van der Waals surface area contributed by atoms with Crippen LogP contribution >= 0.6 is 0 Å². The molecule has 25 heavy (non-hydrogen) atoms. The molecular weight excluding hydrogens is 316 g/mol. The molecule has 0 spiro atoms. The predicted molar refractivity (Wildman–Crippen MR) is 97.0 cm³/mol. The minimum absolute atomic E-state index is 0.0302. The molecule has 2 aromatic heterocycles. The molecule has 0 fully saturated rings. The summed E-state index contributed by atoms with van der Waals surface area (Å²) in [7, 11) is 0. The smallest absolute Gasteiger partial charge is 0.223 e. The highest BCUT2D eigenvalue weighted by Gasteiger charge is 2.23. The van der Waals surface area contributed by atoms with E-state index in [-0.39, 0.29) is 18.6 Å². The van der Waals surface area contributed by atoms with Gasteiger partial charge in [0.05, 0.1) is 25.5 Å². The third-order valence-electron chi connectivity index (χ3n) is 4.63. The van der Waals surface area contributed by atoms with Gasteiger partial charge in [0.15, 0.2) is 0 Å². The van der Waals surface area contributed by atoms with Gasteiger partial charge in [-0.25, -0.2) is 0 Å². The van der Waals surface area contributed by atoms with Gasteiger partial charge in [-0.05, 0) is 36.6 Å². The second kappa shape index (κ2) is 8.03. The number of aromatic nitrogens is 1. The van der Waals surface area contributed by atoms with Gasteiger partial charge in [0, 0.05) is 23.5 Å². The van der Waals surface area contributed by atoms with Crippen LogP contribution < -0.4 is 0 Å². The number of fused-ring (bicyclic) bond motifs is 1. The molecule has 1 amide bonds. The average Bonchev–Trinajstić information content (AvgIpc) is 3.29. The van der Waals surface area contributed by atoms with E-state index in [1.165, 1.54) is 0 Å². The van der Waals surface area contributed by atoms with E-state index in [4.69, 9.17) is 4.42 Å². The van der Waals surface area contributed by atoms with Gasteiger partial charge in [-0.3, -0.25) is 4.79 Å². The number of furan rings is 1. The number of carbonyl (C=O) groups excluding carboxylic acids is 1. The second-order valence-electron chi connectivity index (χ2n) is 6.21. The molecule has 2 heterocycles. The van der Waals surface area contributed by atoms with E-state index in [2.05, 4.69) is 11.1 Å². The van der Waals surface area contributed by atoms with Crippen molar-refractivity contribution in [2.75, 3.05) is 6.61 Å². The van der Waals surface area contributed by atoms with Crippen molar-refractivity contribution in [1.82, 2.24) is 9.88 Å². The van der Waals surface area contributed by atoms with Gasteiger partial charge < -0.3 is 19.4 Å². The first-order chi connectivity index (χ1) is 12.2. The molecule has 0 aliphatic carbocycles. The molecule has 3 rings (SSSR count). The molecule has 132 valence electrons. The molecule has 3 aromatic rings. The zero-order valence-electron chi connectivity index (χ0n) is 14.4. The third kappa shape index (κ3) is 3.94. The van der Waals surface area contributed by atoms with E-state index >= 15 is 0 Å². The first-order valence-electron chi connectivity index (χ1n) is 8.70. The molecule has 0 radical (unpaired) electrons. The Kier molecular flexibility index (Phi) is 5.56. The Morgan fingerprint density at radius 3 is 2.84 bits per heavy atom. The van der Waals surface area contributed by atoms with Gasteiger partial charge in [0.25, 0.3) is 0 Å². The fourth-order valence-corrected chi connectivity index (χ4v) is 3.16. The van der Waals surface area contributed by atoms with E-state index in [9.17, 15) is 9.90 Å². The highest BCUT2D eigenvalue weighted by atomic mass is 16.3. The number of H-pyrrole nitrogens is 1. The van der Waals surface area contributed by atoms with E-state index in [0.717, 1.165) is 22.2 Å². The number of hydrogen-bond donors (Lipinski definition) is 2. The van der Waals surface area contributed by atoms with Gasteiger partial charge in [-0.2, -0.15) is 0 Å². The van der Waals surface area contributed by atoms with Crippen molar-refractivity contribution in [3.05, 3.63) is 60.2 Å². The Morgan fingerprint density at radius 1 is 1.28 bits per heavy atom. The van der Waals surface area contributed by atoms with Crippen LogP contribution in [0.3, 0.4) is 0 Å². The fourth-order valence-electron chi connectivity index (χ4n) is 3.16. The van der Waals surface area contributed by atoms with E-state index in [1.807, 2.05) is 43.5 Å². The van der Waals surface area contributed by atoms with Gasteiger partial charge in [-0.15, -0.1) is 0 Å². The van der Waals surface area contributed by atoms with Crippen LogP contribution in [-0.2, 0) is 17.8 Å². The monoisotopic (exact) mass is 340 g/mol. The number of aryl methyl sites for hydroxylation is 1. The molecule has 5 nitrogen and oxygen atoms in total. The lowest BCUT2D eigenvalue weighted by molar-refractivity contribution is -0.135. The zero-order valence-corrected chi connectivity index (χ0v) is 14.4. The van der Waals surface area contributed by atoms with Crippen LogP contribution in [0.5, 0.6) is 0 Å². The Morgan fingerprint density at radius 2 is 2.12 bits per heavy atom. The van der Waals surface area contributed by atoms with Crippen LogP contribution in [0.1, 0.15) is 31.1 Å². The summed E-state index contributed by atoms with van der Waals surface area (Å²) in [5, 5.41) is 10.8. The van der Waals surface area contributed by atoms with Crippen LogP contribution in [-0.4, -0.2) is 33.5 Å².